The van der Waals surface area contributed by atoms with E-state index in [1.807, 2.05) is 62.4 Å². The fourth-order valence-electron chi connectivity index (χ4n) is 3.05. The lowest BCUT2D eigenvalue weighted by atomic mass is 10.0. The number of hydrogen-bond donors (Lipinski definition) is 2. The van der Waals surface area contributed by atoms with Crippen molar-refractivity contribution in [3.8, 4) is 11.5 Å². The lowest BCUT2D eigenvalue weighted by molar-refractivity contribution is 0.235. The Morgan fingerprint density at radius 1 is 1.04 bits per heavy atom. The molecule has 1 aliphatic carbocycles. The van der Waals surface area contributed by atoms with Crippen molar-refractivity contribution in [2.24, 2.45) is 5.92 Å². The third-order valence-corrected chi connectivity index (χ3v) is 4.60. The summed E-state index contributed by atoms with van der Waals surface area (Å²) in [5.41, 5.74) is 2.15. The number of benzene rings is 2. The van der Waals surface area contributed by atoms with Crippen LogP contribution in [0.5, 0.6) is 11.5 Å². The Morgan fingerprint density at radius 2 is 1.67 bits per heavy atom. The minimum absolute atomic E-state index is 0.0396. The minimum Gasteiger partial charge on any atom is -0.497 e. The van der Waals surface area contributed by atoms with Gasteiger partial charge in [-0.1, -0.05) is 24.3 Å². The molecule has 5 heteroatoms. The molecule has 2 aromatic rings. The van der Waals surface area contributed by atoms with Crippen molar-refractivity contribution in [3.63, 3.8) is 0 Å². The lowest BCUT2D eigenvalue weighted by Gasteiger charge is -2.19. The third-order valence-electron chi connectivity index (χ3n) is 4.60. The zero-order valence-corrected chi connectivity index (χ0v) is 16.2. The zero-order chi connectivity index (χ0) is 19.2. The SMILES string of the molecule is COc1ccc(C(NC(=O)NCc2ccc(OC(C)C)cc2)C2CC2)cc1. The molecule has 0 aromatic heterocycles. The van der Waals surface area contributed by atoms with Crippen molar-refractivity contribution in [3.05, 3.63) is 59.7 Å². The van der Waals surface area contributed by atoms with Gasteiger partial charge in [-0.25, -0.2) is 4.79 Å². The van der Waals surface area contributed by atoms with E-state index < -0.39 is 0 Å². The topological polar surface area (TPSA) is 59.6 Å². The molecular weight excluding hydrogens is 340 g/mol. The zero-order valence-electron chi connectivity index (χ0n) is 16.2. The standard InChI is InChI=1S/C22H28N2O3/c1-15(2)27-20-10-4-16(5-11-20)14-23-22(25)24-21(17-6-7-17)18-8-12-19(26-3)13-9-18/h4-5,8-13,15,17,21H,6-7,14H2,1-3H3,(H2,23,24,25). The van der Waals surface area contributed by atoms with Crippen molar-refractivity contribution in [2.75, 3.05) is 7.11 Å². The molecule has 0 aliphatic heterocycles. The molecule has 5 nitrogen and oxygen atoms in total. The molecule has 0 saturated heterocycles. The van der Waals surface area contributed by atoms with Gasteiger partial charge in [-0.15, -0.1) is 0 Å². The van der Waals surface area contributed by atoms with Gasteiger partial charge in [0, 0.05) is 6.54 Å². The maximum atomic E-state index is 12.4. The van der Waals surface area contributed by atoms with Gasteiger partial charge < -0.3 is 20.1 Å². The number of nitrogens with one attached hydrogen (secondary N) is 2. The molecule has 3 rings (SSSR count). The van der Waals surface area contributed by atoms with E-state index in [1.54, 1.807) is 7.11 Å². The second-order valence-corrected chi connectivity index (χ2v) is 7.23. The van der Waals surface area contributed by atoms with Crippen molar-refractivity contribution < 1.29 is 14.3 Å². The Kier molecular flexibility index (Phi) is 6.22. The average Bonchev–Trinajstić information content (AvgIpc) is 3.50. The van der Waals surface area contributed by atoms with Crippen molar-refractivity contribution in [1.82, 2.24) is 10.6 Å². The molecule has 27 heavy (non-hydrogen) atoms. The van der Waals surface area contributed by atoms with E-state index in [2.05, 4.69) is 10.6 Å². The number of urea groups is 1. The Labute approximate surface area is 161 Å². The first-order chi connectivity index (χ1) is 13.0. The lowest BCUT2D eigenvalue weighted by Crippen LogP contribution is -2.38. The van der Waals surface area contributed by atoms with Gasteiger partial charge in [0.15, 0.2) is 0 Å². The highest BCUT2D eigenvalue weighted by molar-refractivity contribution is 5.74. The van der Waals surface area contributed by atoms with E-state index in [-0.39, 0.29) is 18.2 Å². The van der Waals surface area contributed by atoms with Crippen LogP contribution in [0.3, 0.4) is 0 Å². The first-order valence-corrected chi connectivity index (χ1v) is 9.49. The van der Waals surface area contributed by atoms with Crippen molar-refractivity contribution in [2.45, 2.75) is 45.4 Å². The molecule has 2 aromatic carbocycles. The summed E-state index contributed by atoms with van der Waals surface area (Å²) in [5, 5.41) is 6.07. The normalized spacial score (nSPS) is 14.5. The summed E-state index contributed by atoms with van der Waals surface area (Å²) in [6.45, 7) is 4.48. The van der Waals surface area contributed by atoms with Gasteiger partial charge in [-0.05, 0) is 68.0 Å². The summed E-state index contributed by atoms with van der Waals surface area (Å²) in [6.07, 6.45) is 2.44. The predicted molar refractivity (Wildman–Crippen MR) is 106 cm³/mol. The summed E-state index contributed by atoms with van der Waals surface area (Å²) in [7, 11) is 1.65. The van der Waals surface area contributed by atoms with Crippen LogP contribution in [0.15, 0.2) is 48.5 Å². The molecule has 1 aliphatic rings. The van der Waals surface area contributed by atoms with Crippen molar-refractivity contribution >= 4 is 6.03 Å². The smallest absolute Gasteiger partial charge is 0.315 e. The number of hydrogen-bond acceptors (Lipinski definition) is 3. The van der Waals surface area contributed by atoms with Crippen LogP contribution in [0, 0.1) is 5.92 Å². The Balaban J connectivity index is 1.53. The molecule has 2 amide bonds. The van der Waals surface area contributed by atoms with Crippen LogP contribution < -0.4 is 20.1 Å². The van der Waals surface area contributed by atoms with E-state index in [9.17, 15) is 4.79 Å². The number of amides is 2. The number of methoxy groups -OCH3 is 1. The maximum Gasteiger partial charge on any atom is 0.315 e. The predicted octanol–water partition coefficient (Wildman–Crippen LogP) is 4.43. The molecule has 0 radical (unpaired) electrons. The van der Waals surface area contributed by atoms with Gasteiger partial charge in [-0.3, -0.25) is 0 Å². The number of carbonyl (C=O) groups is 1. The van der Waals surface area contributed by atoms with Gasteiger partial charge in [0.2, 0.25) is 0 Å². The summed E-state index contributed by atoms with van der Waals surface area (Å²) < 4.78 is 10.9. The van der Waals surface area contributed by atoms with Crippen LogP contribution >= 0.6 is 0 Å². The second-order valence-electron chi connectivity index (χ2n) is 7.23. The first kappa shape index (κ1) is 19.1. The molecule has 2 N–H and O–H groups in total. The van der Waals surface area contributed by atoms with Gasteiger partial charge >= 0.3 is 6.03 Å². The van der Waals surface area contributed by atoms with Crippen LogP contribution in [0.4, 0.5) is 4.79 Å². The molecule has 1 fully saturated rings. The third kappa shape index (κ3) is 5.64. The fraction of sp³-hybridized carbons (Fsp3) is 0.409. The van der Waals surface area contributed by atoms with E-state index in [1.165, 1.54) is 0 Å². The van der Waals surface area contributed by atoms with Gasteiger partial charge in [0.1, 0.15) is 11.5 Å². The molecule has 1 atom stereocenters. The van der Waals surface area contributed by atoms with Crippen LogP contribution in [0.25, 0.3) is 0 Å². The highest BCUT2D eigenvalue weighted by Gasteiger charge is 2.33. The summed E-state index contributed by atoms with van der Waals surface area (Å²) in [6, 6.07) is 15.6. The summed E-state index contributed by atoms with van der Waals surface area (Å²) in [4.78, 5) is 12.4. The number of carbonyl (C=O) groups excluding carboxylic acids is 1. The molecule has 0 spiro atoms. The van der Waals surface area contributed by atoms with E-state index in [4.69, 9.17) is 9.47 Å². The average molecular weight is 368 g/mol. The van der Waals surface area contributed by atoms with Crippen molar-refractivity contribution in [1.29, 1.82) is 0 Å². The van der Waals surface area contributed by atoms with Gasteiger partial charge in [-0.2, -0.15) is 0 Å². The highest BCUT2D eigenvalue weighted by atomic mass is 16.5. The van der Waals surface area contributed by atoms with Crippen LogP contribution in [-0.4, -0.2) is 19.2 Å². The Bertz CT molecular complexity index is 737. The van der Waals surface area contributed by atoms with Crippen LogP contribution in [0.1, 0.15) is 43.9 Å². The summed E-state index contributed by atoms with van der Waals surface area (Å²) in [5.74, 6) is 2.17. The Hall–Kier alpha value is -2.69. The second kappa shape index (κ2) is 8.80. The first-order valence-electron chi connectivity index (χ1n) is 9.49. The number of rotatable bonds is 8. The largest absolute Gasteiger partial charge is 0.497 e. The maximum absolute atomic E-state index is 12.4. The molecule has 0 heterocycles. The summed E-state index contributed by atoms with van der Waals surface area (Å²) >= 11 is 0. The quantitative estimate of drug-likeness (QED) is 0.724. The molecule has 144 valence electrons. The van der Waals surface area contributed by atoms with E-state index >= 15 is 0 Å². The van der Waals surface area contributed by atoms with Gasteiger partial charge in [0.05, 0.1) is 19.3 Å². The highest BCUT2D eigenvalue weighted by Crippen LogP contribution is 2.41. The monoisotopic (exact) mass is 368 g/mol. The van der Waals surface area contributed by atoms with E-state index in [0.717, 1.165) is 35.5 Å². The number of ether oxygens (including phenoxy) is 2. The molecule has 1 unspecified atom stereocenters. The molecule has 0 bridgehead atoms. The van der Waals surface area contributed by atoms with Gasteiger partial charge in [0.25, 0.3) is 0 Å². The van der Waals surface area contributed by atoms with Crippen LogP contribution in [0.2, 0.25) is 0 Å². The molecule has 1 saturated carbocycles. The Morgan fingerprint density at radius 3 is 2.22 bits per heavy atom. The minimum atomic E-state index is -0.148. The molecular formula is C22H28N2O3. The fourth-order valence-corrected chi connectivity index (χ4v) is 3.05. The van der Waals surface area contributed by atoms with Crippen LogP contribution in [-0.2, 0) is 6.54 Å². The van der Waals surface area contributed by atoms with E-state index in [0.29, 0.717) is 12.5 Å².